The highest BCUT2D eigenvalue weighted by Gasteiger charge is 2.25. The molecule has 21 heavy (non-hydrogen) atoms. The van der Waals surface area contributed by atoms with Crippen LogP contribution in [-0.2, 0) is 4.79 Å². The molecule has 0 unspecified atom stereocenters. The van der Waals surface area contributed by atoms with Crippen molar-refractivity contribution in [3.8, 4) is 0 Å². The normalized spacial score (nSPS) is 21.8. The predicted molar refractivity (Wildman–Crippen MR) is 88.6 cm³/mol. The number of unbranched alkanes of at least 4 members (excludes halogenated alkanes) is 6. The molecule has 1 aliphatic carbocycles. The van der Waals surface area contributed by atoms with Crippen LogP contribution in [0.15, 0.2) is 0 Å². The molecule has 0 aliphatic heterocycles. The van der Waals surface area contributed by atoms with E-state index in [0.29, 0.717) is 6.42 Å². The van der Waals surface area contributed by atoms with Gasteiger partial charge in [-0.1, -0.05) is 51.9 Å². The number of aliphatic carboxylic acids is 1. The summed E-state index contributed by atoms with van der Waals surface area (Å²) in [5.41, 5.74) is 0. The van der Waals surface area contributed by atoms with Crippen LogP contribution in [0.4, 0.5) is 0 Å². The van der Waals surface area contributed by atoms with Gasteiger partial charge in [0.05, 0.1) is 0 Å². The third-order valence-electron chi connectivity index (χ3n) is 4.81. The molecule has 0 aromatic heterocycles. The lowest BCUT2D eigenvalue weighted by Gasteiger charge is -2.21. The van der Waals surface area contributed by atoms with Crippen LogP contribution in [0.5, 0.6) is 0 Å². The maximum Gasteiger partial charge on any atom is 0.303 e. The minimum absolute atomic E-state index is 0.339. The lowest BCUT2D eigenvalue weighted by molar-refractivity contribution is -0.137. The predicted octanol–water partition coefficient (Wildman–Crippen LogP) is 4.75. The van der Waals surface area contributed by atoms with Gasteiger partial charge in [-0.2, -0.15) is 0 Å². The van der Waals surface area contributed by atoms with Crippen LogP contribution in [0, 0.1) is 5.92 Å². The maximum absolute atomic E-state index is 10.4. The monoisotopic (exact) mass is 297 g/mol. The number of hydrogen-bond acceptors (Lipinski definition) is 2. The summed E-state index contributed by atoms with van der Waals surface area (Å²) in [7, 11) is 0. The van der Waals surface area contributed by atoms with Gasteiger partial charge in [0, 0.05) is 12.5 Å². The van der Waals surface area contributed by atoms with Gasteiger partial charge in [-0.25, -0.2) is 0 Å². The van der Waals surface area contributed by atoms with Crippen LogP contribution in [0.1, 0.15) is 90.4 Å². The van der Waals surface area contributed by atoms with Crippen LogP contribution >= 0.6 is 0 Å². The summed E-state index contributed by atoms with van der Waals surface area (Å²) >= 11 is 0. The second kappa shape index (κ2) is 12.0. The van der Waals surface area contributed by atoms with E-state index >= 15 is 0 Å². The van der Waals surface area contributed by atoms with Crippen molar-refractivity contribution in [1.82, 2.24) is 5.32 Å². The fourth-order valence-corrected chi connectivity index (χ4v) is 3.53. The van der Waals surface area contributed by atoms with Crippen molar-refractivity contribution in [2.45, 2.75) is 96.4 Å². The van der Waals surface area contributed by atoms with Crippen molar-refractivity contribution >= 4 is 5.97 Å². The number of carboxylic acids is 1. The van der Waals surface area contributed by atoms with E-state index in [0.717, 1.165) is 24.8 Å². The Morgan fingerprint density at radius 1 is 1.05 bits per heavy atom. The zero-order valence-electron chi connectivity index (χ0n) is 13.9. The SMILES string of the molecule is CCCCCCN[C@H]1CCC[C@H]1CCCCCCC(=O)O. The Hall–Kier alpha value is -0.570. The first kappa shape index (κ1) is 18.5. The number of rotatable bonds is 13. The van der Waals surface area contributed by atoms with Gasteiger partial charge in [-0.15, -0.1) is 0 Å². The molecule has 2 atom stereocenters. The van der Waals surface area contributed by atoms with Crippen molar-refractivity contribution < 1.29 is 9.90 Å². The molecule has 0 aromatic rings. The maximum atomic E-state index is 10.4. The topological polar surface area (TPSA) is 49.3 Å². The van der Waals surface area contributed by atoms with Crippen LogP contribution in [0.25, 0.3) is 0 Å². The van der Waals surface area contributed by atoms with E-state index in [1.807, 2.05) is 0 Å². The molecular formula is C18H35NO2. The van der Waals surface area contributed by atoms with E-state index in [1.54, 1.807) is 0 Å². The molecule has 0 saturated heterocycles. The van der Waals surface area contributed by atoms with Crippen LogP contribution in [0.2, 0.25) is 0 Å². The Morgan fingerprint density at radius 3 is 2.57 bits per heavy atom. The van der Waals surface area contributed by atoms with Gasteiger partial charge in [0.25, 0.3) is 0 Å². The van der Waals surface area contributed by atoms with Gasteiger partial charge >= 0.3 is 5.97 Å². The first-order valence-corrected chi connectivity index (χ1v) is 9.19. The summed E-state index contributed by atoms with van der Waals surface area (Å²) < 4.78 is 0. The van der Waals surface area contributed by atoms with E-state index < -0.39 is 5.97 Å². The Balaban J connectivity index is 2.00. The van der Waals surface area contributed by atoms with Gasteiger partial charge in [0.1, 0.15) is 0 Å². The zero-order chi connectivity index (χ0) is 15.3. The van der Waals surface area contributed by atoms with Crippen LogP contribution in [-0.4, -0.2) is 23.7 Å². The minimum Gasteiger partial charge on any atom is -0.481 e. The van der Waals surface area contributed by atoms with Crippen LogP contribution < -0.4 is 5.32 Å². The molecule has 1 rings (SSSR count). The first-order chi connectivity index (χ1) is 10.2. The summed E-state index contributed by atoms with van der Waals surface area (Å²) in [5, 5.41) is 12.4. The smallest absolute Gasteiger partial charge is 0.303 e. The van der Waals surface area contributed by atoms with Crippen molar-refractivity contribution in [2.24, 2.45) is 5.92 Å². The highest BCUT2D eigenvalue weighted by Crippen LogP contribution is 2.30. The molecule has 124 valence electrons. The number of hydrogen-bond donors (Lipinski definition) is 2. The average Bonchev–Trinajstić information content (AvgIpc) is 2.89. The molecule has 2 N–H and O–H groups in total. The summed E-state index contributed by atoms with van der Waals surface area (Å²) in [6.45, 7) is 3.46. The quantitative estimate of drug-likeness (QED) is 0.482. The molecule has 1 aliphatic rings. The summed E-state index contributed by atoms with van der Waals surface area (Å²) in [5.74, 6) is 0.216. The molecule has 0 heterocycles. The van der Waals surface area contributed by atoms with Gasteiger partial charge in [0.15, 0.2) is 0 Å². The van der Waals surface area contributed by atoms with Gasteiger partial charge in [-0.05, 0) is 44.6 Å². The summed E-state index contributed by atoms with van der Waals surface area (Å²) in [6.07, 6.45) is 15.6. The standard InChI is InChI=1S/C18H35NO2/c1-2-3-4-9-15-19-17-13-10-12-16(17)11-7-5-6-8-14-18(20)21/h16-17,19H,2-15H2,1H3,(H,20,21)/t16-,17+/m1/s1. The number of carbonyl (C=O) groups is 1. The Morgan fingerprint density at radius 2 is 1.81 bits per heavy atom. The Kier molecular flexibility index (Phi) is 10.6. The van der Waals surface area contributed by atoms with Crippen molar-refractivity contribution in [1.29, 1.82) is 0 Å². The van der Waals surface area contributed by atoms with E-state index in [2.05, 4.69) is 12.2 Å². The van der Waals surface area contributed by atoms with Gasteiger partial charge in [-0.3, -0.25) is 4.79 Å². The largest absolute Gasteiger partial charge is 0.481 e. The zero-order valence-corrected chi connectivity index (χ0v) is 13.9. The highest BCUT2D eigenvalue weighted by atomic mass is 16.4. The molecule has 1 fully saturated rings. The number of nitrogens with one attached hydrogen (secondary N) is 1. The fourth-order valence-electron chi connectivity index (χ4n) is 3.53. The summed E-state index contributed by atoms with van der Waals surface area (Å²) in [4.78, 5) is 10.4. The second-order valence-corrected chi connectivity index (χ2v) is 6.66. The molecule has 0 spiro atoms. The molecule has 3 heteroatoms. The molecule has 3 nitrogen and oxygen atoms in total. The third-order valence-corrected chi connectivity index (χ3v) is 4.81. The molecule has 0 amide bonds. The van der Waals surface area contributed by atoms with E-state index in [-0.39, 0.29) is 0 Å². The fraction of sp³-hybridized carbons (Fsp3) is 0.944. The van der Waals surface area contributed by atoms with Gasteiger partial charge < -0.3 is 10.4 Å². The summed E-state index contributed by atoms with van der Waals surface area (Å²) in [6, 6.07) is 0.755. The highest BCUT2D eigenvalue weighted by molar-refractivity contribution is 5.66. The molecule has 0 radical (unpaired) electrons. The van der Waals surface area contributed by atoms with Crippen molar-refractivity contribution in [3.05, 3.63) is 0 Å². The second-order valence-electron chi connectivity index (χ2n) is 6.66. The van der Waals surface area contributed by atoms with Crippen molar-refractivity contribution in [2.75, 3.05) is 6.54 Å². The van der Waals surface area contributed by atoms with Crippen LogP contribution in [0.3, 0.4) is 0 Å². The Bertz CT molecular complexity index is 268. The third kappa shape index (κ3) is 9.13. The van der Waals surface area contributed by atoms with Crippen molar-refractivity contribution in [3.63, 3.8) is 0 Å². The van der Waals surface area contributed by atoms with E-state index in [9.17, 15) is 4.79 Å². The Labute approximate surface area is 130 Å². The lowest BCUT2D eigenvalue weighted by atomic mass is 9.95. The van der Waals surface area contributed by atoms with E-state index in [4.69, 9.17) is 5.11 Å². The molecule has 0 bridgehead atoms. The first-order valence-electron chi connectivity index (χ1n) is 9.19. The molecular weight excluding hydrogens is 262 g/mol. The molecule has 1 saturated carbocycles. The molecule has 0 aromatic carbocycles. The van der Waals surface area contributed by atoms with Gasteiger partial charge in [0.2, 0.25) is 0 Å². The average molecular weight is 297 g/mol. The lowest BCUT2D eigenvalue weighted by Crippen LogP contribution is -2.33. The van der Waals surface area contributed by atoms with E-state index in [1.165, 1.54) is 70.8 Å². The minimum atomic E-state index is -0.655. The number of carboxylic acid groups (broad SMARTS) is 1.